The maximum absolute atomic E-state index is 13.2. The van der Waals surface area contributed by atoms with Crippen LogP contribution in [0.15, 0.2) is 30.5 Å². The molecule has 31 heavy (non-hydrogen) atoms. The number of hydrogen-bond donors (Lipinski definition) is 1. The van der Waals surface area contributed by atoms with Crippen molar-refractivity contribution >= 4 is 23.5 Å². The number of rotatable bonds is 3. The van der Waals surface area contributed by atoms with E-state index < -0.39 is 22.7 Å². The van der Waals surface area contributed by atoms with Crippen molar-refractivity contribution in [3.05, 3.63) is 57.9 Å². The predicted octanol–water partition coefficient (Wildman–Crippen LogP) is 3.80. The number of alkyl halides is 3. The molecule has 0 bridgehead atoms. The van der Waals surface area contributed by atoms with Gasteiger partial charge in [0.15, 0.2) is 0 Å². The predicted molar refractivity (Wildman–Crippen MR) is 109 cm³/mol. The topological polar surface area (TPSA) is 78.0 Å². The summed E-state index contributed by atoms with van der Waals surface area (Å²) in [5.74, 6) is -0.121. The minimum Gasteiger partial charge on any atom is -0.347 e. The van der Waals surface area contributed by atoms with Crippen LogP contribution in [-0.2, 0) is 19.1 Å². The highest BCUT2D eigenvalue weighted by Gasteiger charge is 2.36. The molecular formula is C20H18ClF3N6O. The first-order chi connectivity index (χ1) is 14.7. The van der Waals surface area contributed by atoms with E-state index in [0.717, 1.165) is 17.3 Å². The fourth-order valence-corrected chi connectivity index (χ4v) is 3.80. The zero-order chi connectivity index (χ0) is 22.3. The Kier molecular flexibility index (Phi) is 5.34. The van der Waals surface area contributed by atoms with Gasteiger partial charge in [0, 0.05) is 32.4 Å². The van der Waals surface area contributed by atoms with E-state index in [1.807, 2.05) is 0 Å². The smallest absolute Gasteiger partial charge is 0.347 e. The Balaban J connectivity index is 1.70. The fourth-order valence-electron chi connectivity index (χ4n) is 3.49. The van der Waals surface area contributed by atoms with Crippen molar-refractivity contribution in [2.24, 2.45) is 0 Å². The normalized spacial score (nSPS) is 13.8. The van der Waals surface area contributed by atoms with Crippen LogP contribution in [0.1, 0.15) is 27.2 Å². The lowest BCUT2D eigenvalue weighted by Gasteiger charge is -2.30. The number of carbonyl (C=O) groups excluding carboxylic acids is 1. The molecule has 0 unspecified atom stereocenters. The van der Waals surface area contributed by atoms with Crippen LogP contribution < -0.4 is 4.90 Å². The van der Waals surface area contributed by atoms with Crippen molar-refractivity contribution in [2.75, 3.05) is 25.5 Å². The molecule has 0 fully saturated rings. The summed E-state index contributed by atoms with van der Waals surface area (Å²) >= 11 is 5.96. The number of anilines is 1. The van der Waals surface area contributed by atoms with Crippen molar-refractivity contribution in [3.8, 4) is 11.4 Å². The van der Waals surface area contributed by atoms with Crippen LogP contribution >= 0.6 is 11.6 Å². The number of fused-ring (bicyclic) bond motifs is 1. The molecule has 1 N–H and O–H groups in total. The minimum absolute atomic E-state index is 0.130. The Morgan fingerprint density at radius 1 is 1.23 bits per heavy atom. The summed E-state index contributed by atoms with van der Waals surface area (Å²) in [6, 6.07) is 5.14. The monoisotopic (exact) mass is 450 g/mol. The summed E-state index contributed by atoms with van der Waals surface area (Å²) < 4.78 is 39.6. The Hall–Kier alpha value is -3.14. The molecule has 0 spiro atoms. The second-order valence-electron chi connectivity index (χ2n) is 7.30. The number of hydrogen-bond acceptors (Lipinski definition) is 5. The molecule has 0 atom stereocenters. The number of aromatic nitrogens is 4. The second-order valence-corrected chi connectivity index (χ2v) is 7.68. The third-order valence-electron chi connectivity index (χ3n) is 5.03. The molecule has 0 saturated heterocycles. The van der Waals surface area contributed by atoms with Gasteiger partial charge in [0.2, 0.25) is 5.95 Å². The fraction of sp³-hybridized carbons (Fsp3) is 0.300. The third kappa shape index (κ3) is 3.95. The van der Waals surface area contributed by atoms with Gasteiger partial charge in [-0.3, -0.25) is 9.89 Å². The molecular weight excluding hydrogens is 433 g/mol. The van der Waals surface area contributed by atoms with Gasteiger partial charge in [-0.2, -0.15) is 18.3 Å². The summed E-state index contributed by atoms with van der Waals surface area (Å²) in [6.07, 6.45) is -2.58. The molecule has 0 saturated carbocycles. The van der Waals surface area contributed by atoms with E-state index in [1.54, 1.807) is 31.3 Å². The van der Waals surface area contributed by atoms with Gasteiger partial charge in [-0.05, 0) is 24.6 Å². The molecule has 1 aliphatic rings. The summed E-state index contributed by atoms with van der Waals surface area (Å²) in [5, 5.41) is 6.27. The molecule has 0 aliphatic carbocycles. The van der Waals surface area contributed by atoms with E-state index >= 15 is 0 Å². The number of carbonyl (C=O) groups is 1. The van der Waals surface area contributed by atoms with Gasteiger partial charge < -0.3 is 9.80 Å². The molecule has 7 nitrogen and oxygen atoms in total. The summed E-state index contributed by atoms with van der Waals surface area (Å²) in [5.41, 5.74) is 1.70. The molecule has 3 aromatic rings. The average molecular weight is 451 g/mol. The highest BCUT2D eigenvalue weighted by atomic mass is 35.5. The van der Waals surface area contributed by atoms with Crippen LogP contribution in [-0.4, -0.2) is 51.6 Å². The van der Waals surface area contributed by atoms with E-state index in [2.05, 4.69) is 20.2 Å². The number of halogens is 4. The number of aromatic amines is 1. The Bertz CT molecular complexity index is 1130. The van der Waals surface area contributed by atoms with Crippen LogP contribution in [0.3, 0.4) is 0 Å². The second kappa shape index (κ2) is 7.84. The van der Waals surface area contributed by atoms with Gasteiger partial charge in [-0.1, -0.05) is 17.7 Å². The van der Waals surface area contributed by atoms with Crippen LogP contribution in [0, 0.1) is 0 Å². The molecule has 0 radical (unpaired) electrons. The van der Waals surface area contributed by atoms with Gasteiger partial charge in [0.25, 0.3) is 5.91 Å². The van der Waals surface area contributed by atoms with Crippen molar-refractivity contribution in [2.45, 2.75) is 19.1 Å². The zero-order valence-corrected chi connectivity index (χ0v) is 17.4. The van der Waals surface area contributed by atoms with E-state index in [0.29, 0.717) is 30.3 Å². The van der Waals surface area contributed by atoms with Crippen molar-refractivity contribution < 1.29 is 18.0 Å². The maximum Gasteiger partial charge on any atom is 0.417 e. The molecule has 1 amide bonds. The van der Waals surface area contributed by atoms with Crippen LogP contribution in [0.4, 0.5) is 19.1 Å². The lowest BCUT2D eigenvalue weighted by Crippen LogP contribution is -2.37. The third-order valence-corrected chi connectivity index (χ3v) is 5.44. The van der Waals surface area contributed by atoms with Gasteiger partial charge in [0.1, 0.15) is 0 Å². The van der Waals surface area contributed by atoms with Gasteiger partial charge in [0.05, 0.1) is 39.8 Å². The highest BCUT2D eigenvalue weighted by Crippen LogP contribution is 2.37. The van der Waals surface area contributed by atoms with Crippen molar-refractivity contribution in [3.63, 3.8) is 0 Å². The first-order valence-corrected chi connectivity index (χ1v) is 9.76. The van der Waals surface area contributed by atoms with E-state index in [-0.39, 0.29) is 12.1 Å². The number of benzene rings is 1. The lowest BCUT2D eigenvalue weighted by atomic mass is 10.00. The van der Waals surface area contributed by atoms with Crippen LogP contribution in [0.2, 0.25) is 5.02 Å². The quantitative estimate of drug-likeness (QED) is 0.656. The standard InChI is InChI=1S/C20H18ClF3N6O/c1-29(2)19-26-15-10-30(9-7-11(15)17(27-19)14-6-8-25-28-14)18(31)12-4-3-5-13(16(12)21)20(22,23)24/h3-6,8H,7,9-10H2,1-2H3,(H,25,28). The molecule has 1 aromatic carbocycles. The molecule has 11 heteroatoms. The first kappa shape index (κ1) is 21.1. The van der Waals surface area contributed by atoms with E-state index in [1.165, 1.54) is 17.0 Å². The van der Waals surface area contributed by atoms with Crippen molar-refractivity contribution in [1.82, 2.24) is 25.1 Å². The minimum atomic E-state index is -4.64. The SMILES string of the molecule is CN(C)c1nc2c(c(-c3ccn[nH]3)n1)CCN(C(=O)c1cccc(C(F)(F)F)c1Cl)C2. The number of nitrogens with one attached hydrogen (secondary N) is 1. The first-order valence-electron chi connectivity index (χ1n) is 9.38. The van der Waals surface area contributed by atoms with E-state index in [4.69, 9.17) is 11.6 Å². The Morgan fingerprint density at radius 2 is 2.00 bits per heavy atom. The molecule has 4 rings (SSSR count). The van der Waals surface area contributed by atoms with Gasteiger partial charge in [-0.25, -0.2) is 9.97 Å². The summed E-state index contributed by atoms with van der Waals surface area (Å²) in [7, 11) is 3.60. The largest absolute Gasteiger partial charge is 0.417 e. The Morgan fingerprint density at radius 3 is 2.65 bits per heavy atom. The molecule has 1 aliphatic heterocycles. The molecule has 2 aromatic heterocycles. The summed E-state index contributed by atoms with van der Waals surface area (Å²) in [6.45, 7) is 0.426. The zero-order valence-electron chi connectivity index (χ0n) is 16.7. The Labute approximate surface area is 180 Å². The van der Waals surface area contributed by atoms with Crippen LogP contribution in [0.5, 0.6) is 0 Å². The van der Waals surface area contributed by atoms with Crippen LogP contribution in [0.25, 0.3) is 11.4 Å². The number of H-pyrrole nitrogens is 1. The lowest BCUT2D eigenvalue weighted by molar-refractivity contribution is -0.137. The highest BCUT2D eigenvalue weighted by molar-refractivity contribution is 6.34. The molecule has 162 valence electrons. The van der Waals surface area contributed by atoms with E-state index in [9.17, 15) is 18.0 Å². The molecule has 3 heterocycles. The number of nitrogens with zero attached hydrogens (tertiary/aromatic N) is 5. The van der Waals surface area contributed by atoms with Gasteiger partial charge >= 0.3 is 6.18 Å². The maximum atomic E-state index is 13.2. The average Bonchev–Trinajstić information content (AvgIpc) is 3.26. The summed E-state index contributed by atoms with van der Waals surface area (Å²) in [4.78, 5) is 25.4. The van der Waals surface area contributed by atoms with Crippen molar-refractivity contribution in [1.29, 1.82) is 0 Å². The van der Waals surface area contributed by atoms with Gasteiger partial charge in [-0.15, -0.1) is 0 Å². The number of amides is 1.